The van der Waals surface area contributed by atoms with Crippen LogP contribution in [0.5, 0.6) is 0 Å². The Bertz CT molecular complexity index is 544. The van der Waals surface area contributed by atoms with Crippen molar-refractivity contribution in [2.24, 2.45) is 28.6 Å². The third-order valence-electron chi connectivity index (χ3n) is 8.36. The van der Waals surface area contributed by atoms with E-state index in [2.05, 4.69) is 19.1 Å². The highest BCUT2D eigenvalue weighted by molar-refractivity contribution is 5.35. The first kappa shape index (κ1) is 12.9. The Morgan fingerprint density at radius 2 is 1.95 bits per heavy atom. The molecule has 1 N–H and O–H groups in total. The van der Waals surface area contributed by atoms with E-state index in [1.165, 1.54) is 44.9 Å². The molecule has 0 heterocycles. The Balaban J connectivity index is 1.52. The average molecular weight is 284 g/mol. The number of aliphatic hydroxyl groups is 1. The van der Waals surface area contributed by atoms with Crippen LogP contribution in [0, 0.1) is 28.6 Å². The lowest BCUT2D eigenvalue weighted by Gasteiger charge is -2.59. The van der Waals surface area contributed by atoms with Gasteiger partial charge in [-0.2, -0.15) is 0 Å². The van der Waals surface area contributed by atoms with E-state index >= 15 is 0 Å². The molecule has 0 radical (unpaired) electrons. The van der Waals surface area contributed by atoms with Gasteiger partial charge in [0.15, 0.2) is 0 Å². The van der Waals surface area contributed by atoms with E-state index in [0.29, 0.717) is 10.8 Å². The smallest absolute Gasteiger partial charge is 0.0577 e. The molecule has 5 aliphatic carbocycles. The Kier molecular flexibility index (Phi) is 2.49. The lowest BCUT2D eigenvalue weighted by molar-refractivity contribution is -0.0368. The van der Waals surface area contributed by atoms with Gasteiger partial charge < -0.3 is 5.11 Å². The molecule has 0 aromatic heterocycles. The maximum Gasteiger partial charge on any atom is 0.0577 e. The quantitative estimate of drug-likeness (QED) is 0.643. The number of aliphatic hydroxyl groups excluding tert-OH is 1. The molecular weight excluding hydrogens is 256 g/mol. The second-order valence-corrected chi connectivity index (χ2v) is 8.82. The predicted molar refractivity (Wildman–Crippen MR) is 84.7 cm³/mol. The molecule has 21 heavy (non-hydrogen) atoms. The molecule has 3 fully saturated rings. The van der Waals surface area contributed by atoms with Crippen LogP contribution in [0.3, 0.4) is 0 Å². The van der Waals surface area contributed by atoms with Gasteiger partial charge in [-0.05, 0) is 86.4 Å². The van der Waals surface area contributed by atoms with Gasteiger partial charge in [0, 0.05) is 0 Å². The number of allylic oxidation sites excluding steroid dienone is 3. The summed E-state index contributed by atoms with van der Waals surface area (Å²) in [5.41, 5.74) is 4.53. The van der Waals surface area contributed by atoms with Gasteiger partial charge in [-0.1, -0.05) is 30.2 Å². The van der Waals surface area contributed by atoms with Crippen molar-refractivity contribution in [1.82, 2.24) is 0 Å². The highest BCUT2D eigenvalue weighted by Gasteiger charge is 2.60. The van der Waals surface area contributed by atoms with Gasteiger partial charge in [-0.25, -0.2) is 0 Å². The summed E-state index contributed by atoms with van der Waals surface area (Å²) in [6.07, 6.45) is 16.7. The van der Waals surface area contributed by atoms with Crippen molar-refractivity contribution in [3.8, 4) is 0 Å². The van der Waals surface area contributed by atoms with E-state index in [9.17, 15) is 5.11 Å². The molecule has 0 unspecified atom stereocenters. The van der Waals surface area contributed by atoms with Crippen molar-refractivity contribution in [3.63, 3.8) is 0 Å². The van der Waals surface area contributed by atoms with Crippen LogP contribution < -0.4 is 0 Å². The third kappa shape index (κ3) is 1.47. The topological polar surface area (TPSA) is 20.2 Å². The van der Waals surface area contributed by atoms with Crippen molar-refractivity contribution in [1.29, 1.82) is 0 Å². The fourth-order valence-corrected chi connectivity index (χ4v) is 7.17. The monoisotopic (exact) mass is 284 g/mol. The van der Waals surface area contributed by atoms with Gasteiger partial charge in [0.2, 0.25) is 0 Å². The standard InChI is InChI=1S/C20H28O/c1-19-9-7-15(21)12-14(19)2-4-16-17(19)8-11-20-10-6-13(20)3-5-18(16)20/h2,6,15-18,21H,3-5,7-12H2,1H3/t15-,16+,17-,18-,19-,20+/m0/s1. The molecule has 0 saturated heterocycles. The Hall–Kier alpha value is -0.560. The zero-order valence-electron chi connectivity index (χ0n) is 13.3. The molecule has 5 rings (SSSR count). The van der Waals surface area contributed by atoms with E-state index in [1.807, 2.05) is 5.57 Å². The van der Waals surface area contributed by atoms with E-state index in [1.54, 1.807) is 5.57 Å². The minimum absolute atomic E-state index is 0.0662. The molecule has 114 valence electrons. The number of hydrogen-bond donors (Lipinski definition) is 1. The highest BCUT2D eigenvalue weighted by Crippen LogP contribution is 2.69. The van der Waals surface area contributed by atoms with Crippen LogP contribution >= 0.6 is 0 Å². The van der Waals surface area contributed by atoms with E-state index in [0.717, 1.165) is 30.6 Å². The normalized spacial score (nSPS) is 54.4. The molecule has 0 aromatic rings. The van der Waals surface area contributed by atoms with Gasteiger partial charge in [0.25, 0.3) is 0 Å². The Morgan fingerprint density at radius 1 is 1.05 bits per heavy atom. The molecule has 1 nitrogen and oxygen atoms in total. The lowest BCUT2D eigenvalue weighted by Crippen LogP contribution is -2.51. The maximum absolute atomic E-state index is 10.0. The van der Waals surface area contributed by atoms with Crippen LogP contribution in [-0.4, -0.2) is 11.2 Å². The van der Waals surface area contributed by atoms with Crippen molar-refractivity contribution in [2.75, 3.05) is 0 Å². The zero-order chi connectivity index (χ0) is 14.2. The van der Waals surface area contributed by atoms with Gasteiger partial charge in [-0.3, -0.25) is 0 Å². The molecule has 1 heteroatoms. The van der Waals surface area contributed by atoms with Gasteiger partial charge in [0.05, 0.1) is 6.10 Å². The van der Waals surface area contributed by atoms with E-state index in [4.69, 9.17) is 0 Å². The first-order chi connectivity index (χ1) is 10.1. The number of rotatable bonds is 0. The van der Waals surface area contributed by atoms with Crippen LogP contribution in [0.25, 0.3) is 0 Å². The van der Waals surface area contributed by atoms with Gasteiger partial charge in [0.1, 0.15) is 0 Å². The second-order valence-electron chi connectivity index (χ2n) is 8.82. The molecule has 3 saturated carbocycles. The molecule has 5 aliphatic rings. The zero-order valence-corrected chi connectivity index (χ0v) is 13.3. The molecule has 0 bridgehead atoms. The van der Waals surface area contributed by atoms with Gasteiger partial charge >= 0.3 is 0 Å². The second kappa shape index (κ2) is 4.04. The fourth-order valence-electron chi connectivity index (χ4n) is 7.17. The summed E-state index contributed by atoms with van der Waals surface area (Å²) in [5, 5.41) is 10.0. The molecule has 0 aromatic carbocycles. The van der Waals surface area contributed by atoms with Crippen molar-refractivity contribution >= 4 is 0 Å². The SMILES string of the molecule is C[C@]12CC[C@H](O)CC1=CC[C@H]1[C@@H]3CCC4=CC[C@@]43CC[C@@H]12. The van der Waals surface area contributed by atoms with Gasteiger partial charge in [-0.15, -0.1) is 0 Å². The van der Waals surface area contributed by atoms with Crippen LogP contribution in [0.2, 0.25) is 0 Å². The molecule has 1 spiro atoms. The Morgan fingerprint density at radius 3 is 2.76 bits per heavy atom. The summed E-state index contributed by atoms with van der Waals surface area (Å²) in [6.45, 7) is 2.53. The summed E-state index contributed by atoms with van der Waals surface area (Å²) in [4.78, 5) is 0. The summed E-state index contributed by atoms with van der Waals surface area (Å²) in [6, 6.07) is 0. The minimum Gasteiger partial charge on any atom is -0.393 e. The number of hydrogen-bond acceptors (Lipinski definition) is 1. The highest BCUT2D eigenvalue weighted by atomic mass is 16.3. The third-order valence-corrected chi connectivity index (χ3v) is 8.36. The van der Waals surface area contributed by atoms with Crippen molar-refractivity contribution < 1.29 is 5.11 Å². The summed E-state index contributed by atoms with van der Waals surface area (Å²) in [7, 11) is 0. The van der Waals surface area contributed by atoms with Crippen LogP contribution in [0.15, 0.2) is 23.3 Å². The minimum atomic E-state index is -0.0662. The molecular formula is C20H28O. The molecule has 0 aliphatic heterocycles. The summed E-state index contributed by atoms with van der Waals surface area (Å²) < 4.78 is 0. The van der Waals surface area contributed by atoms with E-state index in [-0.39, 0.29) is 6.10 Å². The molecule has 6 atom stereocenters. The van der Waals surface area contributed by atoms with Crippen LogP contribution in [0.1, 0.15) is 64.7 Å². The lowest BCUT2D eigenvalue weighted by atomic mass is 9.45. The maximum atomic E-state index is 10.0. The van der Waals surface area contributed by atoms with Crippen LogP contribution in [0.4, 0.5) is 0 Å². The summed E-state index contributed by atoms with van der Waals surface area (Å²) >= 11 is 0. The Labute approximate surface area is 128 Å². The average Bonchev–Trinajstić information content (AvgIpc) is 2.72. The van der Waals surface area contributed by atoms with Crippen molar-refractivity contribution in [2.45, 2.75) is 70.8 Å². The predicted octanol–water partition coefficient (Wildman–Crippen LogP) is 4.62. The summed E-state index contributed by atoms with van der Waals surface area (Å²) in [5.74, 6) is 2.83. The first-order valence-corrected chi connectivity index (χ1v) is 9.21. The number of fused-ring (bicyclic) bond motifs is 4. The first-order valence-electron chi connectivity index (χ1n) is 9.21. The molecule has 0 amide bonds. The van der Waals surface area contributed by atoms with Crippen molar-refractivity contribution in [3.05, 3.63) is 23.3 Å². The van der Waals surface area contributed by atoms with Crippen LogP contribution in [-0.2, 0) is 0 Å². The largest absolute Gasteiger partial charge is 0.393 e. The fraction of sp³-hybridized carbons (Fsp3) is 0.800. The van der Waals surface area contributed by atoms with E-state index < -0.39 is 0 Å².